The molecule has 0 saturated carbocycles. The van der Waals surface area contributed by atoms with E-state index in [0.717, 1.165) is 29.5 Å². The maximum atomic E-state index is 12.2. The normalized spacial score (nSPS) is 18.3. The summed E-state index contributed by atoms with van der Waals surface area (Å²) >= 11 is 1.60. The van der Waals surface area contributed by atoms with Gasteiger partial charge in [-0.15, -0.1) is 0 Å². The van der Waals surface area contributed by atoms with E-state index in [2.05, 4.69) is 4.74 Å². The molecule has 18 heavy (non-hydrogen) atoms. The van der Waals surface area contributed by atoms with Crippen LogP contribution in [0.15, 0.2) is 18.2 Å². The lowest BCUT2D eigenvalue weighted by molar-refractivity contribution is -0.139. The Balaban J connectivity index is 2.27. The van der Waals surface area contributed by atoms with Crippen LogP contribution in [0, 0.1) is 0 Å². The first-order valence-electron chi connectivity index (χ1n) is 5.91. The van der Waals surface area contributed by atoms with Gasteiger partial charge in [0.15, 0.2) is 5.78 Å². The Bertz CT molecular complexity index is 482. The zero-order valence-electron chi connectivity index (χ0n) is 10.6. The summed E-state index contributed by atoms with van der Waals surface area (Å²) in [6.45, 7) is 0. The molecule has 0 spiro atoms. The topological polar surface area (TPSA) is 43.4 Å². The predicted molar refractivity (Wildman–Crippen MR) is 72.1 cm³/mol. The molecule has 0 heterocycles. The van der Waals surface area contributed by atoms with E-state index in [4.69, 9.17) is 0 Å². The Morgan fingerprint density at radius 3 is 2.94 bits per heavy atom. The Labute approximate surface area is 111 Å². The fraction of sp³-hybridized carbons (Fsp3) is 0.429. The first-order chi connectivity index (χ1) is 8.65. The molecule has 0 saturated heterocycles. The molecule has 0 N–H and O–H groups in total. The highest BCUT2D eigenvalue weighted by Crippen LogP contribution is 2.28. The zero-order valence-corrected chi connectivity index (χ0v) is 11.4. The minimum absolute atomic E-state index is 0.0610. The minimum atomic E-state index is -0.278. The van der Waals surface area contributed by atoms with Gasteiger partial charge in [0.25, 0.3) is 0 Å². The van der Waals surface area contributed by atoms with E-state index < -0.39 is 0 Å². The molecule has 1 aromatic carbocycles. The van der Waals surface area contributed by atoms with E-state index in [1.54, 1.807) is 11.8 Å². The lowest BCUT2D eigenvalue weighted by Gasteiger charge is -2.22. The average Bonchev–Trinajstić information content (AvgIpc) is 2.39. The number of carbonyl (C=O) groups excluding carboxylic acids is 2. The van der Waals surface area contributed by atoms with Crippen LogP contribution in [-0.2, 0) is 22.4 Å². The van der Waals surface area contributed by atoms with Gasteiger partial charge in [0.05, 0.1) is 18.8 Å². The van der Waals surface area contributed by atoms with Crippen LogP contribution in [0.3, 0.4) is 0 Å². The molecule has 0 radical (unpaired) electrons. The number of hydrogen-bond donors (Lipinski definition) is 0. The standard InChI is InChI=1S/C14H16O3S/c1-17-13(15)8-9-3-4-10-5-6-12(18-2)14(16)11(10)7-9/h3-4,7,12H,5-6,8H2,1-2H3. The Morgan fingerprint density at radius 2 is 2.28 bits per heavy atom. The minimum Gasteiger partial charge on any atom is -0.469 e. The van der Waals surface area contributed by atoms with Crippen molar-refractivity contribution in [1.82, 2.24) is 0 Å². The van der Waals surface area contributed by atoms with Gasteiger partial charge < -0.3 is 4.74 Å². The molecule has 0 fully saturated rings. The van der Waals surface area contributed by atoms with Crippen LogP contribution in [0.4, 0.5) is 0 Å². The third kappa shape index (κ3) is 2.58. The van der Waals surface area contributed by atoms with E-state index in [1.165, 1.54) is 7.11 Å². The van der Waals surface area contributed by atoms with E-state index in [-0.39, 0.29) is 23.4 Å². The number of Topliss-reactive ketones (excluding diaryl/α,β-unsaturated/α-hetero) is 1. The van der Waals surface area contributed by atoms with Crippen LogP contribution in [0.5, 0.6) is 0 Å². The quantitative estimate of drug-likeness (QED) is 0.785. The second kappa shape index (κ2) is 5.57. The third-order valence-corrected chi connectivity index (χ3v) is 4.29. The molecule has 4 heteroatoms. The number of benzene rings is 1. The molecule has 0 aromatic heterocycles. The highest BCUT2D eigenvalue weighted by atomic mass is 32.2. The summed E-state index contributed by atoms with van der Waals surface area (Å²) in [5.41, 5.74) is 2.72. The van der Waals surface area contributed by atoms with Crippen LogP contribution in [0.1, 0.15) is 27.9 Å². The van der Waals surface area contributed by atoms with E-state index in [0.29, 0.717) is 0 Å². The molecule has 96 valence electrons. The summed E-state index contributed by atoms with van der Waals surface area (Å²) in [6, 6.07) is 5.71. The molecule has 1 aliphatic rings. The van der Waals surface area contributed by atoms with Gasteiger partial charge >= 0.3 is 5.97 Å². The van der Waals surface area contributed by atoms with Crippen molar-refractivity contribution in [3.8, 4) is 0 Å². The van der Waals surface area contributed by atoms with Gasteiger partial charge in [-0.3, -0.25) is 9.59 Å². The van der Waals surface area contributed by atoms with Crippen molar-refractivity contribution in [3.63, 3.8) is 0 Å². The molecule has 0 amide bonds. The number of fused-ring (bicyclic) bond motifs is 1. The molecule has 0 aliphatic heterocycles. The van der Waals surface area contributed by atoms with Gasteiger partial charge in [0, 0.05) is 5.56 Å². The van der Waals surface area contributed by atoms with E-state index >= 15 is 0 Å². The van der Waals surface area contributed by atoms with Gasteiger partial charge in [0.1, 0.15) is 0 Å². The van der Waals surface area contributed by atoms with Crippen LogP contribution < -0.4 is 0 Å². The first-order valence-corrected chi connectivity index (χ1v) is 7.20. The molecular formula is C14H16O3S. The molecule has 3 nitrogen and oxygen atoms in total. The Hall–Kier alpha value is -1.29. The van der Waals surface area contributed by atoms with Crippen LogP contribution in [0.2, 0.25) is 0 Å². The number of esters is 1. The summed E-state index contributed by atoms with van der Waals surface area (Å²) in [4.78, 5) is 23.5. The van der Waals surface area contributed by atoms with Crippen molar-refractivity contribution in [1.29, 1.82) is 0 Å². The number of rotatable bonds is 3. The molecule has 1 unspecified atom stereocenters. The van der Waals surface area contributed by atoms with Gasteiger partial charge in [-0.05, 0) is 36.3 Å². The zero-order chi connectivity index (χ0) is 13.1. The summed E-state index contributed by atoms with van der Waals surface area (Å²) in [6.07, 6.45) is 4.03. The van der Waals surface area contributed by atoms with Gasteiger partial charge in [-0.1, -0.05) is 12.1 Å². The summed E-state index contributed by atoms with van der Waals surface area (Å²) in [7, 11) is 1.37. The van der Waals surface area contributed by atoms with Gasteiger partial charge in [-0.2, -0.15) is 11.8 Å². The fourth-order valence-corrected chi connectivity index (χ4v) is 2.93. The molecule has 1 aromatic rings. The monoisotopic (exact) mass is 264 g/mol. The molecule has 1 atom stereocenters. The molecule has 1 aliphatic carbocycles. The number of hydrogen-bond acceptors (Lipinski definition) is 4. The smallest absolute Gasteiger partial charge is 0.309 e. The number of carbonyl (C=O) groups is 2. The number of ketones is 1. The van der Waals surface area contributed by atoms with E-state index in [1.807, 2.05) is 24.5 Å². The van der Waals surface area contributed by atoms with Crippen LogP contribution >= 0.6 is 11.8 Å². The predicted octanol–water partition coefficient (Wildman–Crippen LogP) is 2.26. The lowest BCUT2D eigenvalue weighted by Crippen LogP contribution is -2.24. The maximum absolute atomic E-state index is 12.2. The second-order valence-electron chi connectivity index (χ2n) is 4.37. The SMILES string of the molecule is COC(=O)Cc1ccc2c(c1)C(=O)C(SC)CC2. The van der Waals surface area contributed by atoms with Gasteiger partial charge in [0.2, 0.25) is 0 Å². The number of thioether (sulfide) groups is 1. The summed E-state index contributed by atoms with van der Waals surface area (Å²) in [5.74, 6) is -0.0879. The van der Waals surface area contributed by atoms with Crippen LogP contribution in [-0.4, -0.2) is 30.4 Å². The second-order valence-corrected chi connectivity index (χ2v) is 5.41. The number of ether oxygens (including phenoxy) is 1. The lowest BCUT2D eigenvalue weighted by atomic mass is 9.88. The van der Waals surface area contributed by atoms with Crippen molar-refractivity contribution < 1.29 is 14.3 Å². The fourth-order valence-electron chi connectivity index (χ4n) is 2.24. The highest BCUT2D eigenvalue weighted by molar-refractivity contribution is 7.99. The Morgan fingerprint density at radius 1 is 1.50 bits per heavy atom. The van der Waals surface area contributed by atoms with Crippen molar-refractivity contribution in [3.05, 3.63) is 34.9 Å². The summed E-state index contributed by atoms with van der Waals surface area (Å²) in [5, 5.41) is 0.0610. The molecule has 0 bridgehead atoms. The maximum Gasteiger partial charge on any atom is 0.309 e. The summed E-state index contributed by atoms with van der Waals surface area (Å²) < 4.78 is 4.64. The average molecular weight is 264 g/mol. The first kappa shape index (κ1) is 13.1. The van der Waals surface area contributed by atoms with Crippen LogP contribution in [0.25, 0.3) is 0 Å². The van der Waals surface area contributed by atoms with Crippen molar-refractivity contribution >= 4 is 23.5 Å². The Kier molecular flexibility index (Phi) is 4.07. The van der Waals surface area contributed by atoms with Crippen molar-refractivity contribution in [2.75, 3.05) is 13.4 Å². The largest absolute Gasteiger partial charge is 0.469 e. The number of aryl methyl sites for hydroxylation is 1. The molecular weight excluding hydrogens is 248 g/mol. The van der Waals surface area contributed by atoms with Crippen molar-refractivity contribution in [2.45, 2.75) is 24.5 Å². The van der Waals surface area contributed by atoms with E-state index in [9.17, 15) is 9.59 Å². The number of methoxy groups -OCH3 is 1. The van der Waals surface area contributed by atoms with Gasteiger partial charge in [-0.25, -0.2) is 0 Å². The molecule has 2 rings (SSSR count). The third-order valence-electron chi connectivity index (χ3n) is 3.27. The highest BCUT2D eigenvalue weighted by Gasteiger charge is 2.26. The van der Waals surface area contributed by atoms with Crippen molar-refractivity contribution in [2.24, 2.45) is 0 Å².